The Hall–Kier alpha value is 0.202. The molecular formula is C10H21AlO. The number of rotatable bonds is 8. The fourth-order valence-electron chi connectivity index (χ4n) is 1.50. The summed E-state index contributed by atoms with van der Waals surface area (Å²) < 4.78 is 0. The van der Waals surface area contributed by atoms with Gasteiger partial charge in [0.1, 0.15) is 6.29 Å². The summed E-state index contributed by atoms with van der Waals surface area (Å²) in [4.78, 5) is 10.4. The van der Waals surface area contributed by atoms with E-state index in [0.29, 0.717) is 0 Å². The number of unbranched alkanes of at least 4 members (excludes halogenated alkanes) is 2. The minimum absolute atomic E-state index is 0.637. The summed E-state index contributed by atoms with van der Waals surface area (Å²) in [5.41, 5.74) is 0. The average Bonchev–Trinajstić information content (AvgIpc) is 2.10. The second-order valence-corrected chi connectivity index (χ2v) is 6.91. The molecule has 0 amide bonds. The first-order valence-electron chi connectivity index (χ1n) is 5.28. The molecule has 0 unspecified atom stereocenters. The van der Waals surface area contributed by atoms with Crippen molar-refractivity contribution in [2.24, 2.45) is 0 Å². The van der Waals surface area contributed by atoms with Crippen LogP contribution in [0.25, 0.3) is 0 Å². The molecule has 0 saturated heterocycles. The molecule has 0 aromatic rings. The van der Waals surface area contributed by atoms with Gasteiger partial charge in [0, 0.05) is 0 Å². The Kier molecular flexibility index (Phi) is 9.45. The molecular weight excluding hydrogens is 163 g/mol. The summed E-state index contributed by atoms with van der Waals surface area (Å²) in [5.74, 6) is 0. The van der Waals surface area contributed by atoms with Gasteiger partial charge in [0.05, 0.1) is 0 Å². The lowest BCUT2D eigenvalue weighted by molar-refractivity contribution is -0.106. The van der Waals surface area contributed by atoms with E-state index in [1.807, 2.05) is 0 Å². The maximum Gasteiger partial charge on any atom is 0.271 e. The summed E-state index contributed by atoms with van der Waals surface area (Å²) in [5, 5.41) is 3.68. The summed E-state index contributed by atoms with van der Waals surface area (Å²) in [6.45, 7) is 4.46. The monoisotopic (exact) mass is 184 g/mol. The van der Waals surface area contributed by atoms with Crippen LogP contribution in [0.3, 0.4) is 0 Å². The minimum atomic E-state index is -0.637. The van der Waals surface area contributed by atoms with Crippen molar-refractivity contribution in [3.63, 3.8) is 0 Å². The topological polar surface area (TPSA) is 17.1 Å². The van der Waals surface area contributed by atoms with Gasteiger partial charge in [-0.05, 0) is 5.28 Å². The first kappa shape index (κ1) is 12.2. The van der Waals surface area contributed by atoms with Crippen LogP contribution in [0.15, 0.2) is 0 Å². The summed E-state index contributed by atoms with van der Waals surface area (Å²) in [6.07, 6.45) is 6.40. The first-order valence-corrected chi connectivity index (χ1v) is 7.73. The van der Waals surface area contributed by atoms with Crippen LogP contribution in [0.4, 0.5) is 0 Å². The molecule has 0 rings (SSSR count). The van der Waals surface area contributed by atoms with Gasteiger partial charge in [0.25, 0.3) is 14.1 Å². The van der Waals surface area contributed by atoms with Gasteiger partial charge in [0.2, 0.25) is 0 Å². The number of carbonyl (C=O) groups excluding carboxylic acids is 1. The molecule has 0 radical (unpaired) electrons. The van der Waals surface area contributed by atoms with Crippen LogP contribution in [-0.2, 0) is 4.79 Å². The molecule has 0 aliphatic rings. The van der Waals surface area contributed by atoms with E-state index in [0.717, 1.165) is 11.6 Å². The van der Waals surface area contributed by atoms with E-state index in [1.165, 1.54) is 36.2 Å². The highest BCUT2D eigenvalue weighted by Gasteiger charge is 2.14. The highest BCUT2D eigenvalue weighted by Crippen LogP contribution is 2.12. The molecule has 70 valence electrons. The maximum absolute atomic E-state index is 10.4. The van der Waals surface area contributed by atoms with Crippen molar-refractivity contribution in [3.8, 4) is 0 Å². The van der Waals surface area contributed by atoms with E-state index in [9.17, 15) is 4.79 Å². The summed E-state index contributed by atoms with van der Waals surface area (Å²) in [6, 6.07) is 0. The van der Waals surface area contributed by atoms with Crippen molar-refractivity contribution in [1.29, 1.82) is 0 Å². The van der Waals surface area contributed by atoms with Crippen LogP contribution in [0.2, 0.25) is 15.8 Å². The fraction of sp³-hybridized carbons (Fsp3) is 0.900. The predicted molar refractivity (Wildman–Crippen MR) is 56.1 cm³/mol. The molecule has 0 aromatic heterocycles. The standard InChI is InChI=1S/2C4H9.C2H3O.Al/c2*1-3-4-2;1-2-3;/h2*1,3-4H2,2H3;2H,1H2;. The van der Waals surface area contributed by atoms with E-state index < -0.39 is 14.1 Å². The Morgan fingerprint density at radius 1 is 1.08 bits per heavy atom. The van der Waals surface area contributed by atoms with Crippen LogP contribution < -0.4 is 0 Å². The Labute approximate surface area is 80.9 Å². The van der Waals surface area contributed by atoms with Crippen molar-refractivity contribution in [2.45, 2.75) is 55.4 Å². The maximum atomic E-state index is 10.4. The van der Waals surface area contributed by atoms with Gasteiger partial charge >= 0.3 is 0 Å². The van der Waals surface area contributed by atoms with Gasteiger partial charge in [-0.3, -0.25) is 0 Å². The SMILES string of the molecule is CCC[CH2][Al]([CH2]C=O)[CH2]CCC. The lowest BCUT2D eigenvalue weighted by Gasteiger charge is -2.06. The molecule has 0 aliphatic carbocycles. The Morgan fingerprint density at radius 2 is 1.58 bits per heavy atom. The molecule has 2 heteroatoms. The normalized spacial score (nSPS) is 9.83. The Balaban J connectivity index is 3.46. The highest BCUT2D eigenvalue weighted by molar-refractivity contribution is 6.61. The van der Waals surface area contributed by atoms with E-state index >= 15 is 0 Å². The van der Waals surface area contributed by atoms with Gasteiger partial charge in [-0.2, -0.15) is 0 Å². The lowest BCUT2D eigenvalue weighted by Crippen LogP contribution is -2.11. The smallest absolute Gasteiger partial charge is 0.271 e. The molecule has 0 spiro atoms. The van der Waals surface area contributed by atoms with Crippen molar-refractivity contribution in [2.75, 3.05) is 0 Å². The van der Waals surface area contributed by atoms with Crippen LogP contribution in [0.5, 0.6) is 0 Å². The third-order valence-electron chi connectivity index (χ3n) is 2.36. The fourth-order valence-corrected chi connectivity index (χ4v) is 4.51. The lowest BCUT2D eigenvalue weighted by atomic mass is 10.4. The van der Waals surface area contributed by atoms with Crippen molar-refractivity contribution in [3.05, 3.63) is 0 Å². The van der Waals surface area contributed by atoms with E-state index in [2.05, 4.69) is 13.8 Å². The number of hydrogen-bond acceptors (Lipinski definition) is 1. The van der Waals surface area contributed by atoms with E-state index in [4.69, 9.17) is 0 Å². The Bertz CT molecular complexity index is 96.0. The molecule has 0 bridgehead atoms. The second-order valence-electron chi connectivity index (χ2n) is 3.55. The third kappa shape index (κ3) is 6.88. The van der Waals surface area contributed by atoms with Gasteiger partial charge < -0.3 is 4.79 Å². The largest absolute Gasteiger partial charge is 0.305 e. The van der Waals surface area contributed by atoms with Crippen molar-refractivity contribution in [1.82, 2.24) is 0 Å². The predicted octanol–water partition coefficient (Wildman–Crippen LogP) is 3.28. The summed E-state index contributed by atoms with van der Waals surface area (Å²) >= 11 is -0.637. The quantitative estimate of drug-likeness (QED) is 0.418. The van der Waals surface area contributed by atoms with Crippen LogP contribution in [0.1, 0.15) is 39.5 Å². The van der Waals surface area contributed by atoms with Crippen LogP contribution in [-0.4, -0.2) is 20.4 Å². The molecule has 1 nitrogen and oxygen atoms in total. The zero-order valence-corrected chi connectivity index (χ0v) is 9.67. The van der Waals surface area contributed by atoms with Crippen molar-refractivity contribution < 1.29 is 4.79 Å². The van der Waals surface area contributed by atoms with Crippen LogP contribution >= 0.6 is 0 Å². The molecule has 0 aliphatic heterocycles. The number of hydrogen-bond donors (Lipinski definition) is 0. The molecule has 0 heterocycles. The van der Waals surface area contributed by atoms with Crippen molar-refractivity contribution >= 4 is 20.4 Å². The molecule has 0 saturated carbocycles. The zero-order valence-electron chi connectivity index (χ0n) is 8.51. The second kappa shape index (κ2) is 9.29. The van der Waals surface area contributed by atoms with Gasteiger partial charge in [-0.1, -0.05) is 50.1 Å². The average molecular weight is 184 g/mol. The van der Waals surface area contributed by atoms with Crippen LogP contribution in [0, 0.1) is 0 Å². The minimum Gasteiger partial charge on any atom is -0.305 e. The number of carbonyl (C=O) groups is 1. The van der Waals surface area contributed by atoms with Gasteiger partial charge in [-0.25, -0.2) is 0 Å². The molecule has 0 atom stereocenters. The zero-order chi connectivity index (χ0) is 9.23. The molecule has 0 aromatic carbocycles. The Morgan fingerprint density at radius 3 is 1.92 bits per heavy atom. The van der Waals surface area contributed by atoms with Gasteiger partial charge in [0.15, 0.2) is 0 Å². The molecule has 12 heavy (non-hydrogen) atoms. The number of aldehydes is 1. The molecule has 0 N–H and O–H groups in total. The van der Waals surface area contributed by atoms with E-state index in [1.54, 1.807) is 0 Å². The molecule has 0 fully saturated rings. The van der Waals surface area contributed by atoms with E-state index in [-0.39, 0.29) is 0 Å². The highest BCUT2D eigenvalue weighted by atomic mass is 27.2. The summed E-state index contributed by atoms with van der Waals surface area (Å²) in [7, 11) is 0. The van der Waals surface area contributed by atoms with Gasteiger partial charge in [-0.15, -0.1) is 0 Å². The third-order valence-corrected chi connectivity index (χ3v) is 5.67. The first-order chi connectivity index (χ1) is 5.85.